The van der Waals surface area contributed by atoms with E-state index in [1.807, 2.05) is 11.8 Å². The van der Waals surface area contributed by atoms with Gasteiger partial charge in [0.2, 0.25) is 0 Å². The average Bonchev–Trinajstić information content (AvgIpc) is 3.56. The molecule has 2 unspecified atom stereocenters. The molecule has 1 aliphatic heterocycles. The lowest BCUT2D eigenvalue weighted by Gasteiger charge is -2.41. The summed E-state index contributed by atoms with van der Waals surface area (Å²) < 4.78 is 0. The Hall–Kier alpha value is -6.41. The molecular formula is C54H36S. The van der Waals surface area contributed by atoms with Crippen LogP contribution in [-0.4, -0.2) is 0 Å². The van der Waals surface area contributed by atoms with Gasteiger partial charge in [0.25, 0.3) is 0 Å². The van der Waals surface area contributed by atoms with Crippen LogP contribution < -0.4 is 0 Å². The molecule has 0 nitrogen and oxygen atoms in total. The number of hydrogen-bond donors (Lipinski definition) is 0. The Bertz CT molecular complexity index is 2890. The molecule has 9 aromatic rings. The van der Waals surface area contributed by atoms with Crippen molar-refractivity contribution in [1.29, 1.82) is 0 Å². The minimum Gasteiger partial charge on any atom is -0.0891 e. The highest BCUT2D eigenvalue weighted by molar-refractivity contribution is 7.99. The van der Waals surface area contributed by atoms with Gasteiger partial charge >= 0.3 is 0 Å². The van der Waals surface area contributed by atoms with E-state index in [2.05, 4.69) is 212 Å². The molecule has 1 heteroatoms. The highest BCUT2D eigenvalue weighted by Crippen LogP contribution is 2.64. The van der Waals surface area contributed by atoms with Crippen LogP contribution in [0.4, 0.5) is 0 Å². The Kier molecular flexibility index (Phi) is 7.50. The van der Waals surface area contributed by atoms with Gasteiger partial charge in [0, 0.05) is 15.7 Å². The third-order valence-corrected chi connectivity index (χ3v) is 13.1. The number of benzene rings is 9. The Labute approximate surface area is 326 Å². The molecule has 0 saturated carbocycles. The van der Waals surface area contributed by atoms with Crippen LogP contribution >= 0.6 is 11.8 Å². The molecule has 258 valence electrons. The van der Waals surface area contributed by atoms with Crippen molar-refractivity contribution >= 4 is 22.5 Å². The minimum atomic E-state index is -0.468. The molecule has 0 amide bonds. The van der Waals surface area contributed by atoms with E-state index in [-0.39, 0.29) is 5.92 Å². The van der Waals surface area contributed by atoms with Crippen molar-refractivity contribution in [2.45, 2.75) is 21.1 Å². The van der Waals surface area contributed by atoms with Crippen molar-refractivity contribution in [2.75, 3.05) is 0 Å². The van der Waals surface area contributed by atoms with Gasteiger partial charge in [-0.15, -0.1) is 0 Å². The molecule has 0 radical (unpaired) electrons. The molecule has 1 heterocycles. The summed E-state index contributed by atoms with van der Waals surface area (Å²) in [5.41, 5.74) is 16.5. The third kappa shape index (κ3) is 4.86. The highest BCUT2D eigenvalue weighted by atomic mass is 32.2. The van der Waals surface area contributed by atoms with Crippen LogP contribution in [0.5, 0.6) is 0 Å². The SMILES string of the molecule is c1ccc(-c2ccc(C(c3ccccc3-c3ccccc3)c3cccc4c3Sc3ccccc3C43c4ccccc4-c4c3ccc3ccccc43)cc2)cc1. The third-order valence-electron chi connectivity index (χ3n) is 11.9. The zero-order valence-electron chi connectivity index (χ0n) is 30.2. The summed E-state index contributed by atoms with van der Waals surface area (Å²) in [6.07, 6.45) is 0. The van der Waals surface area contributed by atoms with Crippen molar-refractivity contribution < 1.29 is 0 Å². The molecule has 1 spiro atoms. The van der Waals surface area contributed by atoms with Crippen LogP contribution in [0.1, 0.15) is 44.9 Å². The normalized spacial score (nSPS) is 15.6. The van der Waals surface area contributed by atoms with Gasteiger partial charge in [-0.25, -0.2) is 0 Å². The predicted octanol–water partition coefficient (Wildman–Crippen LogP) is 14.2. The van der Waals surface area contributed by atoms with Gasteiger partial charge in [0.1, 0.15) is 0 Å². The number of rotatable bonds is 5. The summed E-state index contributed by atoms with van der Waals surface area (Å²) in [5.74, 6) is -0.0151. The maximum Gasteiger partial charge on any atom is 0.0735 e. The Morgan fingerprint density at radius 3 is 1.78 bits per heavy atom. The van der Waals surface area contributed by atoms with Crippen molar-refractivity contribution in [3.63, 3.8) is 0 Å². The van der Waals surface area contributed by atoms with E-state index in [0.29, 0.717) is 0 Å². The fraction of sp³-hybridized carbons (Fsp3) is 0.0370. The summed E-state index contributed by atoms with van der Waals surface area (Å²) in [7, 11) is 0. The lowest BCUT2D eigenvalue weighted by atomic mass is 9.66. The molecule has 0 fully saturated rings. The first-order valence-electron chi connectivity index (χ1n) is 19.1. The first kappa shape index (κ1) is 32.1. The van der Waals surface area contributed by atoms with Gasteiger partial charge in [-0.05, 0) is 89.2 Å². The summed E-state index contributed by atoms with van der Waals surface area (Å²) in [5, 5.41) is 2.59. The molecule has 0 bridgehead atoms. The van der Waals surface area contributed by atoms with Gasteiger partial charge in [-0.2, -0.15) is 0 Å². The lowest BCUT2D eigenvalue weighted by molar-refractivity contribution is 0.714. The second kappa shape index (κ2) is 12.9. The molecule has 1 aliphatic carbocycles. The monoisotopic (exact) mass is 716 g/mol. The largest absolute Gasteiger partial charge is 0.0891 e. The summed E-state index contributed by atoms with van der Waals surface area (Å²) in [6, 6.07) is 79.0. The van der Waals surface area contributed by atoms with Crippen LogP contribution in [0, 0.1) is 0 Å². The van der Waals surface area contributed by atoms with Crippen molar-refractivity contribution in [3.05, 3.63) is 251 Å². The summed E-state index contributed by atoms with van der Waals surface area (Å²) in [4.78, 5) is 2.66. The molecule has 9 aromatic carbocycles. The van der Waals surface area contributed by atoms with E-state index in [9.17, 15) is 0 Å². The van der Waals surface area contributed by atoms with Gasteiger partial charge in [-0.3, -0.25) is 0 Å². The topological polar surface area (TPSA) is 0 Å². The maximum absolute atomic E-state index is 2.42. The van der Waals surface area contributed by atoms with Gasteiger partial charge in [0.05, 0.1) is 5.41 Å². The van der Waals surface area contributed by atoms with Crippen molar-refractivity contribution in [1.82, 2.24) is 0 Å². The Balaban J connectivity index is 1.21. The molecule has 0 N–H and O–H groups in total. The number of hydrogen-bond acceptors (Lipinski definition) is 1. The van der Waals surface area contributed by atoms with E-state index in [1.165, 1.54) is 92.9 Å². The molecule has 11 rings (SSSR count). The zero-order chi connectivity index (χ0) is 36.3. The van der Waals surface area contributed by atoms with Crippen molar-refractivity contribution in [3.8, 4) is 33.4 Å². The first-order chi connectivity index (χ1) is 27.3. The second-order valence-corrected chi connectivity index (χ2v) is 15.8. The second-order valence-electron chi connectivity index (χ2n) is 14.7. The van der Waals surface area contributed by atoms with E-state index in [1.54, 1.807) is 0 Å². The van der Waals surface area contributed by atoms with Crippen LogP contribution in [-0.2, 0) is 5.41 Å². The minimum absolute atomic E-state index is 0.0151. The van der Waals surface area contributed by atoms with E-state index in [0.717, 1.165) is 0 Å². The number of fused-ring (bicyclic) bond motifs is 11. The smallest absolute Gasteiger partial charge is 0.0735 e. The Morgan fingerprint density at radius 2 is 0.964 bits per heavy atom. The molecule has 0 saturated heterocycles. The van der Waals surface area contributed by atoms with E-state index >= 15 is 0 Å². The van der Waals surface area contributed by atoms with Gasteiger partial charge in [0.15, 0.2) is 0 Å². The average molecular weight is 717 g/mol. The fourth-order valence-electron chi connectivity index (χ4n) is 9.59. The Morgan fingerprint density at radius 1 is 0.364 bits per heavy atom. The van der Waals surface area contributed by atoms with Gasteiger partial charge < -0.3 is 0 Å². The molecule has 2 aliphatic rings. The quantitative estimate of drug-likeness (QED) is 0.160. The van der Waals surface area contributed by atoms with Gasteiger partial charge in [-0.1, -0.05) is 218 Å². The van der Waals surface area contributed by atoms with Crippen LogP contribution in [0.15, 0.2) is 222 Å². The van der Waals surface area contributed by atoms with E-state index < -0.39 is 5.41 Å². The van der Waals surface area contributed by atoms with Crippen LogP contribution in [0.25, 0.3) is 44.2 Å². The molecular weight excluding hydrogens is 681 g/mol. The molecule has 55 heavy (non-hydrogen) atoms. The summed E-state index contributed by atoms with van der Waals surface area (Å²) >= 11 is 1.94. The zero-order valence-corrected chi connectivity index (χ0v) is 31.0. The van der Waals surface area contributed by atoms with Crippen LogP contribution in [0.3, 0.4) is 0 Å². The predicted molar refractivity (Wildman–Crippen MR) is 230 cm³/mol. The fourth-order valence-corrected chi connectivity index (χ4v) is 10.9. The van der Waals surface area contributed by atoms with Crippen LogP contribution in [0.2, 0.25) is 0 Å². The van der Waals surface area contributed by atoms with Crippen molar-refractivity contribution in [2.24, 2.45) is 0 Å². The summed E-state index contributed by atoms with van der Waals surface area (Å²) in [6.45, 7) is 0. The van der Waals surface area contributed by atoms with E-state index in [4.69, 9.17) is 0 Å². The maximum atomic E-state index is 2.42. The molecule has 0 aromatic heterocycles. The lowest BCUT2D eigenvalue weighted by Crippen LogP contribution is -2.32. The highest BCUT2D eigenvalue weighted by Gasteiger charge is 2.51. The first-order valence-corrected chi connectivity index (χ1v) is 19.9. The molecule has 2 atom stereocenters. The standard InChI is InChI=1S/C54H36S/c1-3-16-36(17-4-1)37-30-32-40(33-31-37)51(43-23-10-9-21-41(43)38-18-5-2-6-19-38)45-25-15-28-49-53(45)55-50-29-14-13-27-47(50)54(49)46-26-12-11-24-44(46)52-42-22-8-7-20-39(42)34-35-48(52)54/h1-35,51H.